The molecule has 2 aromatic carbocycles. The number of carboxylic acid groups (broad SMARTS) is 1. The number of amides is 2. The van der Waals surface area contributed by atoms with Crippen LogP contribution in [0.25, 0.3) is 0 Å². The first kappa shape index (κ1) is 26.2. The van der Waals surface area contributed by atoms with Gasteiger partial charge in [-0.1, -0.05) is 80.6 Å². The monoisotopic (exact) mass is 491 g/mol. The number of fused-ring (bicyclic) bond motifs is 1. The average Bonchev–Trinajstić information content (AvgIpc) is 3.61. The summed E-state index contributed by atoms with van der Waals surface area (Å²) >= 11 is 0. The lowest BCUT2D eigenvalue weighted by Crippen LogP contribution is -2.35. The normalized spacial score (nSPS) is 22.0. The van der Waals surface area contributed by atoms with Crippen molar-refractivity contribution in [2.75, 3.05) is 32.7 Å². The van der Waals surface area contributed by atoms with Crippen LogP contribution in [0.1, 0.15) is 71.6 Å². The minimum absolute atomic E-state index is 0.159. The number of benzene rings is 2. The zero-order valence-electron chi connectivity index (χ0n) is 21.8. The molecule has 2 aromatic rings. The molecule has 194 valence electrons. The lowest BCUT2D eigenvalue weighted by molar-refractivity contribution is 0.0772. The molecule has 1 aliphatic carbocycles. The first-order valence-corrected chi connectivity index (χ1v) is 13.5. The molecular weight excluding hydrogens is 450 g/mol. The maximum absolute atomic E-state index is 13.1. The third-order valence-electron chi connectivity index (χ3n) is 8.03. The highest BCUT2D eigenvalue weighted by Gasteiger charge is 2.42. The van der Waals surface area contributed by atoms with E-state index in [1.54, 1.807) is 0 Å². The van der Waals surface area contributed by atoms with Gasteiger partial charge in [0.25, 0.3) is 5.91 Å². The molecule has 0 bridgehead atoms. The highest BCUT2D eigenvalue weighted by atomic mass is 16.4. The summed E-state index contributed by atoms with van der Waals surface area (Å²) in [7, 11) is 0. The van der Waals surface area contributed by atoms with Gasteiger partial charge in [-0.3, -0.25) is 4.79 Å². The molecule has 2 unspecified atom stereocenters. The SMILES string of the molecule is C1CCCC1.Cc1cccc(C)c1C(=O)N1CC2CN(CCC(NC(=O)O)c3ccccc3)C[C@H]2C1. The van der Waals surface area contributed by atoms with E-state index in [2.05, 4.69) is 10.2 Å². The number of carbonyl (C=O) groups excluding carboxylic acids is 1. The van der Waals surface area contributed by atoms with Gasteiger partial charge in [-0.25, -0.2) is 4.79 Å². The van der Waals surface area contributed by atoms with Crippen molar-refractivity contribution < 1.29 is 14.7 Å². The maximum atomic E-state index is 13.1. The van der Waals surface area contributed by atoms with Crippen LogP contribution in [-0.2, 0) is 0 Å². The van der Waals surface area contributed by atoms with Gasteiger partial charge in [0.05, 0.1) is 6.04 Å². The Hall–Kier alpha value is -2.86. The van der Waals surface area contributed by atoms with Crippen LogP contribution in [0.3, 0.4) is 0 Å². The molecule has 3 fully saturated rings. The molecule has 2 heterocycles. The number of aryl methyl sites for hydroxylation is 2. The molecule has 36 heavy (non-hydrogen) atoms. The number of nitrogens with zero attached hydrogens (tertiary/aromatic N) is 2. The van der Waals surface area contributed by atoms with Crippen molar-refractivity contribution in [2.45, 2.75) is 58.4 Å². The molecule has 0 aromatic heterocycles. The van der Waals surface area contributed by atoms with E-state index in [1.807, 2.05) is 67.3 Å². The van der Waals surface area contributed by atoms with Crippen molar-refractivity contribution in [1.29, 1.82) is 0 Å². The fourth-order valence-corrected chi connectivity index (χ4v) is 6.10. The van der Waals surface area contributed by atoms with Crippen LogP contribution in [0, 0.1) is 25.7 Å². The van der Waals surface area contributed by atoms with Gasteiger partial charge in [-0.05, 0) is 48.8 Å². The van der Waals surface area contributed by atoms with Crippen molar-refractivity contribution in [1.82, 2.24) is 15.1 Å². The molecule has 1 saturated carbocycles. The van der Waals surface area contributed by atoms with Gasteiger partial charge in [0.1, 0.15) is 0 Å². The van der Waals surface area contributed by atoms with E-state index in [1.165, 1.54) is 32.1 Å². The summed E-state index contributed by atoms with van der Waals surface area (Å²) in [6.07, 6.45) is 7.24. The van der Waals surface area contributed by atoms with Crippen molar-refractivity contribution in [3.63, 3.8) is 0 Å². The van der Waals surface area contributed by atoms with Gasteiger partial charge in [-0.2, -0.15) is 0 Å². The predicted octanol–water partition coefficient (Wildman–Crippen LogP) is 5.66. The van der Waals surface area contributed by atoms with E-state index in [9.17, 15) is 14.7 Å². The van der Waals surface area contributed by atoms with Crippen LogP contribution in [0.5, 0.6) is 0 Å². The standard InChI is InChI=1S/C25H31N3O3.C5H10/c1-17-7-6-8-18(2)23(17)24(29)28-15-20-13-27(14-21(20)16-28)12-11-22(26-25(30)31)19-9-4-3-5-10-19;1-2-4-5-3-1/h3-10,20-22,26H,11-16H2,1-2H3,(H,30,31);1-5H2/t20-,21?,22?;/m0./s1. The third kappa shape index (κ3) is 6.67. The smallest absolute Gasteiger partial charge is 0.405 e. The van der Waals surface area contributed by atoms with E-state index >= 15 is 0 Å². The first-order chi connectivity index (χ1) is 17.4. The Morgan fingerprint density at radius 3 is 1.94 bits per heavy atom. The van der Waals surface area contributed by atoms with Gasteiger partial charge >= 0.3 is 6.09 Å². The van der Waals surface area contributed by atoms with Crippen LogP contribution >= 0.6 is 0 Å². The second-order valence-corrected chi connectivity index (χ2v) is 10.7. The van der Waals surface area contributed by atoms with Crippen LogP contribution in [0.4, 0.5) is 4.79 Å². The Bertz CT molecular complexity index is 979. The Kier molecular flexibility index (Phi) is 9.03. The molecule has 6 heteroatoms. The molecular formula is C30H41N3O3. The minimum atomic E-state index is -0.993. The summed E-state index contributed by atoms with van der Waals surface area (Å²) in [6.45, 7) is 8.41. The molecule has 2 aliphatic heterocycles. The largest absolute Gasteiger partial charge is 0.465 e. The molecule has 3 aliphatic rings. The lowest BCUT2D eigenvalue weighted by Gasteiger charge is -2.25. The van der Waals surface area contributed by atoms with Crippen molar-refractivity contribution >= 4 is 12.0 Å². The number of hydrogen-bond donors (Lipinski definition) is 2. The van der Waals surface area contributed by atoms with Crippen molar-refractivity contribution in [3.05, 3.63) is 70.8 Å². The fourth-order valence-electron chi connectivity index (χ4n) is 6.10. The van der Waals surface area contributed by atoms with Crippen molar-refractivity contribution in [2.24, 2.45) is 11.8 Å². The van der Waals surface area contributed by atoms with E-state index in [-0.39, 0.29) is 11.9 Å². The van der Waals surface area contributed by atoms with E-state index in [4.69, 9.17) is 0 Å². The molecule has 6 nitrogen and oxygen atoms in total. The zero-order chi connectivity index (χ0) is 25.5. The minimum Gasteiger partial charge on any atom is -0.465 e. The summed E-state index contributed by atoms with van der Waals surface area (Å²) in [5.74, 6) is 1.15. The number of hydrogen-bond acceptors (Lipinski definition) is 3. The predicted molar refractivity (Wildman–Crippen MR) is 143 cm³/mol. The molecule has 2 saturated heterocycles. The zero-order valence-corrected chi connectivity index (χ0v) is 21.8. The molecule has 2 N–H and O–H groups in total. The van der Waals surface area contributed by atoms with Gasteiger partial charge < -0.3 is 20.2 Å². The van der Waals surface area contributed by atoms with Crippen molar-refractivity contribution in [3.8, 4) is 0 Å². The van der Waals surface area contributed by atoms with Gasteiger partial charge in [0, 0.05) is 38.3 Å². The summed E-state index contributed by atoms with van der Waals surface area (Å²) < 4.78 is 0. The van der Waals surface area contributed by atoms with Crippen LogP contribution < -0.4 is 5.32 Å². The number of nitrogens with one attached hydrogen (secondary N) is 1. The number of carbonyl (C=O) groups is 2. The number of likely N-dealkylation sites (tertiary alicyclic amines) is 2. The third-order valence-corrected chi connectivity index (χ3v) is 8.03. The highest BCUT2D eigenvalue weighted by molar-refractivity contribution is 5.97. The van der Waals surface area contributed by atoms with Crippen LogP contribution in [-0.4, -0.2) is 59.6 Å². The molecule has 0 radical (unpaired) electrons. The topological polar surface area (TPSA) is 72.9 Å². The van der Waals surface area contributed by atoms with Gasteiger partial charge in [0.2, 0.25) is 0 Å². The average molecular weight is 492 g/mol. The Balaban J connectivity index is 0.000000543. The summed E-state index contributed by atoms with van der Waals surface area (Å²) in [4.78, 5) is 28.8. The second kappa shape index (κ2) is 12.4. The first-order valence-electron chi connectivity index (χ1n) is 13.5. The van der Waals surface area contributed by atoms with E-state index in [0.717, 1.165) is 61.4 Å². The highest BCUT2D eigenvalue weighted by Crippen LogP contribution is 2.33. The molecule has 3 atom stereocenters. The van der Waals surface area contributed by atoms with E-state index in [0.29, 0.717) is 11.8 Å². The maximum Gasteiger partial charge on any atom is 0.405 e. The van der Waals surface area contributed by atoms with Gasteiger partial charge in [-0.15, -0.1) is 0 Å². The van der Waals surface area contributed by atoms with E-state index < -0.39 is 6.09 Å². The lowest BCUT2D eigenvalue weighted by atomic mass is 10.0. The van der Waals surface area contributed by atoms with Crippen LogP contribution in [0.15, 0.2) is 48.5 Å². The Morgan fingerprint density at radius 1 is 0.861 bits per heavy atom. The molecule has 2 amide bonds. The summed E-state index contributed by atoms with van der Waals surface area (Å²) in [5, 5.41) is 11.9. The van der Waals surface area contributed by atoms with Crippen LogP contribution in [0.2, 0.25) is 0 Å². The Labute approximate surface area is 215 Å². The molecule has 0 spiro atoms. The van der Waals surface area contributed by atoms with Gasteiger partial charge in [0.15, 0.2) is 0 Å². The summed E-state index contributed by atoms with van der Waals surface area (Å²) in [6, 6.07) is 15.6. The summed E-state index contributed by atoms with van der Waals surface area (Å²) in [5.41, 5.74) is 3.93. The molecule has 5 rings (SSSR count). The quantitative estimate of drug-likeness (QED) is 0.547. The number of rotatable bonds is 6. The Morgan fingerprint density at radius 2 is 1.42 bits per heavy atom. The second-order valence-electron chi connectivity index (χ2n) is 10.7. The fraction of sp³-hybridized carbons (Fsp3) is 0.533.